The Labute approximate surface area is 181 Å². The molecule has 2 fully saturated rings. The van der Waals surface area contributed by atoms with Crippen LogP contribution >= 0.6 is 0 Å². The van der Waals surface area contributed by atoms with Gasteiger partial charge in [-0.05, 0) is 44.4 Å². The molecule has 2 N–H and O–H groups in total. The second-order valence-corrected chi connectivity index (χ2v) is 10.3. The lowest BCUT2D eigenvalue weighted by molar-refractivity contribution is -0.126. The van der Waals surface area contributed by atoms with Crippen LogP contribution in [0.1, 0.15) is 35.4 Å². The Hall–Kier alpha value is -2.72. The van der Waals surface area contributed by atoms with E-state index in [1.807, 2.05) is 25.1 Å². The summed E-state index contributed by atoms with van der Waals surface area (Å²) in [6, 6.07) is 10.3. The molecule has 1 aromatic heterocycles. The number of H-pyrrole nitrogens is 1. The normalized spacial score (nSPS) is 24.5. The van der Waals surface area contributed by atoms with E-state index in [1.165, 1.54) is 10.6 Å². The van der Waals surface area contributed by atoms with E-state index >= 15 is 0 Å². The van der Waals surface area contributed by atoms with E-state index < -0.39 is 21.5 Å². The molecule has 31 heavy (non-hydrogen) atoms. The first-order valence-corrected chi connectivity index (χ1v) is 12.2. The Morgan fingerprint density at radius 2 is 1.87 bits per heavy atom. The number of fused-ring (bicyclic) bond motifs is 1. The number of aromatic amines is 1. The molecule has 0 aliphatic carbocycles. The number of benzene rings is 1. The van der Waals surface area contributed by atoms with Gasteiger partial charge in [-0.3, -0.25) is 14.7 Å². The molecule has 2 aliphatic heterocycles. The number of anilines is 1. The molecular formula is C21H27N5O4S. The van der Waals surface area contributed by atoms with Crippen LogP contribution in [0.25, 0.3) is 0 Å². The molecule has 0 bridgehead atoms. The first-order valence-electron chi connectivity index (χ1n) is 10.4. The van der Waals surface area contributed by atoms with E-state index in [9.17, 15) is 18.0 Å². The highest BCUT2D eigenvalue weighted by Gasteiger charge is 2.56. The minimum Gasteiger partial charge on any atom is -0.337 e. The largest absolute Gasteiger partial charge is 0.337 e. The number of nitrogens with zero attached hydrogens (tertiary/aromatic N) is 3. The van der Waals surface area contributed by atoms with Crippen LogP contribution < -0.4 is 5.32 Å². The summed E-state index contributed by atoms with van der Waals surface area (Å²) in [6.45, 7) is 2.85. The molecule has 10 heteroatoms. The second kappa shape index (κ2) is 8.08. The molecule has 2 aromatic rings. The molecule has 0 spiro atoms. The van der Waals surface area contributed by atoms with Crippen molar-refractivity contribution in [2.75, 3.05) is 31.2 Å². The Balaban J connectivity index is 1.63. The number of aryl methyl sites for hydroxylation is 1. The van der Waals surface area contributed by atoms with Crippen molar-refractivity contribution in [2.24, 2.45) is 5.41 Å². The van der Waals surface area contributed by atoms with Gasteiger partial charge >= 0.3 is 0 Å². The highest BCUT2D eigenvalue weighted by Crippen LogP contribution is 2.45. The molecule has 0 saturated carbocycles. The third-order valence-electron chi connectivity index (χ3n) is 6.39. The highest BCUT2D eigenvalue weighted by atomic mass is 32.2. The average molecular weight is 446 g/mol. The topological polar surface area (TPSA) is 115 Å². The number of sulfonamides is 1. The number of aromatic nitrogens is 2. The number of nitrogens with one attached hydrogen (secondary N) is 2. The Kier molecular flexibility index (Phi) is 5.61. The fraction of sp³-hybridized carbons (Fsp3) is 0.476. The molecule has 1 aromatic carbocycles. The van der Waals surface area contributed by atoms with E-state index in [2.05, 4.69) is 15.5 Å². The van der Waals surface area contributed by atoms with Crippen molar-refractivity contribution in [3.05, 3.63) is 47.8 Å². The third-order valence-corrected chi connectivity index (χ3v) is 7.68. The molecule has 2 aliphatic rings. The lowest BCUT2D eigenvalue weighted by Gasteiger charge is -2.34. The lowest BCUT2D eigenvalue weighted by Crippen LogP contribution is -2.48. The summed E-state index contributed by atoms with van der Waals surface area (Å²) in [5, 5.41) is 9.80. The van der Waals surface area contributed by atoms with E-state index in [0.717, 1.165) is 5.69 Å². The van der Waals surface area contributed by atoms with Gasteiger partial charge in [-0.1, -0.05) is 18.2 Å². The average Bonchev–Trinajstić information content (AvgIpc) is 3.28. The van der Waals surface area contributed by atoms with Crippen LogP contribution in [0.4, 0.5) is 5.69 Å². The quantitative estimate of drug-likeness (QED) is 0.742. The van der Waals surface area contributed by atoms with Crippen LogP contribution in [0.15, 0.2) is 36.4 Å². The zero-order valence-electron chi connectivity index (χ0n) is 17.7. The van der Waals surface area contributed by atoms with Crippen molar-refractivity contribution in [1.29, 1.82) is 0 Å². The van der Waals surface area contributed by atoms with Gasteiger partial charge in [0.25, 0.3) is 5.91 Å². The van der Waals surface area contributed by atoms with Gasteiger partial charge in [0.15, 0.2) is 0 Å². The number of para-hydroxylation sites is 1. The van der Waals surface area contributed by atoms with Crippen molar-refractivity contribution < 1.29 is 18.0 Å². The van der Waals surface area contributed by atoms with Gasteiger partial charge in [0.2, 0.25) is 15.9 Å². The van der Waals surface area contributed by atoms with Crippen LogP contribution in [0.2, 0.25) is 0 Å². The van der Waals surface area contributed by atoms with Gasteiger partial charge in [0, 0.05) is 37.1 Å². The summed E-state index contributed by atoms with van der Waals surface area (Å²) in [7, 11) is -3.49. The van der Waals surface area contributed by atoms with Crippen LogP contribution in [0.5, 0.6) is 0 Å². The number of carbonyl (C=O) groups is 2. The van der Waals surface area contributed by atoms with E-state index in [4.69, 9.17) is 0 Å². The Morgan fingerprint density at radius 3 is 2.52 bits per heavy atom. The van der Waals surface area contributed by atoms with Crippen LogP contribution in [-0.4, -0.2) is 71.6 Å². The molecule has 0 unspecified atom stereocenters. The van der Waals surface area contributed by atoms with Crippen LogP contribution in [0, 0.1) is 12.3 Å². The number of likely N-dealkylation sites (tertiary alicyclic amines) is 1. The number of rotatable bonds is 4. The highest BCUT2D eigenvalue weighted by molar-refractivity contribution is 7.88. The number of hydrogen-bond acceptors (Lipinski definition) is 5. The molecule has 9 nitrogen and oxygen atoms in total. The van der Waals surface area contributed by atoms with E-state index in [1.54, 1.807) is 23.1 Å². The number of amides is 2. The van der Waals surface area contributed by atoms with Gasteiger partial charge < -0.3 is 10.2 Å². The minimum atomic E-state index is -3.49. The molecule has 2 saturated heterocycles. The fourth-order valence-electron chi connectivity index (χ4n) is 4.79. The minimum absolute atomic E-state index is 0.195. The summed E-state index contributed by atoms with van der Waals surface area (Å²) < 4.78 is 26.4. The first-order chi connectivity index (χ1) is 14.7. The van der Waals surface area contributed by atoms with E-state index in [-0.39, 0.29) is 11.8 Å². The van der Waals surface area contributed by atoms with Gasteiger partial charge in [-0.2, -0.15) is 9.40 Å². The maximum absolute atomic E-state index is 13.5. The molecule has 0 radical (unpaired) electrons. The van der Waals surface area contributed by atoms with Crippen molar-refractivity contribution in [3.8, 4) is 0 Å². The Bertz CT molecular complexity index is 1080. The molecule has 166 valence electrons. The van der Waals surface area contributed by atoms with Gasteiger partial charge in [-0.15, -0.1) is 0 Å². The summed E-state index contributed by atoms with van der Waals surface area (Å²) in [5.41, 5.74) is 0.891. The zero-order valence-corrected chi connectivity index (χ0v) is 18.5. The van der Waals surface area contributed by atoms with E-state index in [0.29, 0.717) is 50.3 Å². The SMILES string of the molecule is Cc1cc(C(=O)N2CC[C@H]3N(S(C)(=O)=O)CC[C@@]3(C(=O)Nc3ccccc3)CC2)n[nH]1. The van der Waals surface area contributed by atoms with Gasteiger partial charge in [0.05, 0.1) is 11.7 Å². The second-order valence-electron chi connectivity index (χ2n) is 8.38. The summed E-state index contributed by atoms with van der Waals surface area (Å²) >= 11 is 0. The summed E-state index contributed by atoms with van der Waals surface area (Å²) in [6.07, 6.45) is 2.38. The molecule has 3 heterocycles. The predicted octanol–water partition coefficient (Wildman–Crippen LogP) is 1.61. The summed E-state index contributed by atoms with van der Waals surface area (Å²) in [5.74, 6) is -0.409. The van der Waals surface area contributed by atoms with Crippen molar-refractivity contribution in [3.63, 3.8) is 0 Å². The Morgan fingerprint density at radius 1 is 1.16 bits per heavy atom. The fourth-order valence-corrected chi connectivity index (χ4v) is 5.98. The van der Waals surface area contributed by atoms with Crippen LogP contribution in [0.3, 0.4) is 0 Å². The van der Waals surface area contributed by atoms with Crippen molar-refractivity contribution in [1.82, 2.24) is 19.4 Å². The van der Waals surface area contributed by atoms with Crippen LogP contribution in [-0.2, 0) is 14.8 Å². The smallest absolute Gasteiger partial charge is 0.274 e. The van der Waals surface area contributed by atoms with Crippen molar-refractivity contribution >= 4 is 27.5 Å². The summed E-state index contributed by atoms with van der Waals surface area (Å²) in [4.78, 5) is 28.1. The maximum atomic E-state index is 13.5. The van der Waals surface area contributed by atoms with Gasteiger partial charge in [-0.25, -0.2) is 8.42 Å². The third kappa shape index (κ3) is 4.09. The predicted molar refractivity (Wildman–Crippen MR) is 116 cm³/mol. The molecule has 2 amide bonds. The first kappa shape index (κ1) is 21.5. The van der Waals surface area contributed by atoms with Gasteiger partial charge in [0.1, 0.15) is 5.69 Å². The molecule has 2 atom stereocenters. The molecule has 4 rings (SSSR count). The number of hydrogen-bond donors (Lipinski definition) is 2. The zero-order chi connectivity index (χ0) is 22.2. The lowest BCUT2D eigenvalue weighted by atomic mass is 9.76. The monoisotopic (exact) mass is 445 g/mol. The standard InChI is InChI=1S/C21H27N5O4S/c1-15-14-17(24-23-15)19(27)25-11-8-18-21(9-12-25,10-13-26(18)31(2,29)30)20(28)22-16-6-4-3-5-7-16/h3-7,14,18H,8-13H2,1-2H3,(H,22,28)(H,23,24)/t18-,21+/m1/s1. The number of carbonyl (C=O) groups excluding carboxylic acids is 2. The molecular weight excluding hydrogens is 418 g/mol. The van der Waals surface area contributed by atoms with Crippen molar-refractivity contribution in [2.45, 2.75) is 32.2 Å². The maximum Gasteiger partial charge on any atom is 0.274 e.